The maximum absolute atomic E-state index is 13.2. The monoisotopic (exact) mass is 428 g/mol. The third kappa shape index (κ3) is 4.29. The van der Waals surface area contributed by atoms with E-state index in [9.17, 15) is 4.79 Å². The second-order valence-electron chi connectivity index (χ2n) is 8.27. The number of pyridine rings is 1. The minimum Gasteiger partial charge on any atom is -0.337 e. The van der Waals surface area contributed by atoms with E-state index < -0.39 is 0 Å². The van der Waals surface area contributed by atoms with Gasteiger partial charge in [0.2, 0.25) is 0 Å². The molecule has 1 fully saturated rings. The Bertz CT molecular complexity index is 1160. The highest BCUT2D eigenvalue weighted by Crippen LogP contribution is 2.22. The second-order valence-corrected chi connectivity index (χ2v) is 8.27. The van der Waals surface area contributed by atoms with Crippen molar-refractivity contribution in [3.05, 3.63) is 90.4 Å². The summed E-state index contributed by atoms with van der Waals surface area (Å²) < 4.78 is 4.13. The van der Waals surface area contributed by atoms with E-state index in [0.29, 0.717) is 12.2 Å². The van der Waals surface area contributed by atoms with Gasteiger partial charge in [0.05, 0.1) is 12.0 Å². The number of amides is 1. The Kier molecular flexibility index (Phi) is 5.98. The van der Waals surface area contributed by atoms with Gasteiger partial charge in [-0.15, -0.1) is 0 Å². The van der Waals surface area contributed by atoms with Crippen molar-refractivity contribution in [2.24, 2.45) is 0 Å². The quantitative estimate of drug-likeness (QED) is 0.465. The first-order chi connectivity index (χ1) is 15.8. The summed E-state index contributed by atoms with van der Waals surface area (Å²) in [6, 6.07) is 16.5. The first kappa shape index (κ1) is 20.5. The van der Waals surface area contributed by atoms with Crippen molar-refractivity contribution in [2.75, 3.05) is 13.1 Å². The molecule has 0 bridgehead atoms. The maximum Gasteiger partial charge on any atom is 0.274 e. The number of carbonyl (C=O) groups is 1. The van der Waals surface area contributed by atoms with Gasteiger partial charge in [0.15, 0.2) is 5.69 Å². The zero-order valence-electron chi connectivity index (χ0n) is 18.1. The lowest BCUT2D eigenvalue weighted by molar-refractivity contribution is 0.0786. The fraction of sp³-hybridized carbons (Fsp3) is 0.320. The molecular formula is C25H28N6O. The van der Waals surface area contributed by atoms with Crippen LogP contribution in [-0.2, 0) is 13.1 Å². The van der Waals surface area contributed by atoms with Gasteiger partial charge in [-0.3, -0.25) is 4.79 Å². The molecule has 7 nitrogen and oxygen atoms in total. The summed E-state index contributed by atoms with van der Waals surface area (Å²) in [6.07, 6.45) is 10.7. The number of hydrogen-bond acceptors (Lipinski definition) is 4. The molecule has 0 saturated carbocycles. The van der Waals surface area contributed by atoms with E-state index in [1.807, 2.05) is 52.3 Å². The molecule has 5 rings (SSSR count). The predicted octanol–water partition coefficient (Wildman–Crippen LogP) is 3.69. The Hall–Kier alpha value is -3.45. The number of fused-ring (bicyclic) bond motifs is 1. The summed E-state index contributed by atoms with van der Waals surface area (Å²) in [5.41, 5.74) is 3.52. The van der Waals surface area contributed by atoms with E-state index in [1.54, 1.807) is 6.20 Å². The molecule has 0 unspecified atom stereocenters. The van der Waals surface area contributed by atoms with Crippen LogP contribution in [0.2, 0.25) is 0 Å². The highest BCUT2D eigenvalue weighted by molar-refractivity contribution is 5.94. The fourth-order valence-electron chi connectivity index (χ4n) is 4.45. The number of likely N-dealkylation sites (tertiary alicyclic amines) is 1. The fourth-order valence-corrected chi connectivity index (χ4v) is 4.45. The Balaban J connectivity index is 1.41. The van der Waals surface area contributed by atoms with Crippen LogP contribution in [0.4, 0.5) is 0 Å². The van der Waals surface area contributed by atoms with Crippen molar-refractivity contribution < 1.29 is 4.79 Å². The number of carbonyl (C=O) groups excluding carboxylic acids is 1. The SMILES string of the molecule is O=C(c1nc2ccccn2c1CN[C@H](CCn1ccnc1)c1ccccc1)N1CCCC1. The number of rotatable bonds is 8. The first-order valence-electron chi connectivity index (χ1n) is 11.3. The summed E-state index contributed by atoms with van der Waals surface area (Å²) in [5.74, 6) is 0.0395. The van der Waals surface area contributed by atoms with Crippen LogP contribution in [0.25, 0.3) is 5.65 Å². The van der Waals surface area contributed by atoms with Crippen molar-refractivity contribution in [3.63, 3.8) is 0 Å². The molecule has 0 aliphatic carbocycles. The van der Waals surface area contributed by atoms with Crippen molar-refractivity contribution in [3.8, 4) is 0 Å². The van der Waals surface area contributed by atoms with Crippen LogP contribution in [0.3, 0.4) is 0 Å². The Morgan fingerprint density at radius 2 is 1.84 bits per heavy atom. The van der Waals surface area contributed by atoms with Gasteiger partial charge in [-0.1, -0.05) is 36.4 Å². The topological polar surface area (TPSA) is 67.5 Å². The van der Waals surface area contributed by atoms with Gasteiger partial charge in [0.1, 0.15) is 5.65 Å². The number of nitrogens with one attached hydrogen (secondary N) is 1. The zero-order valence-corrected chi connectivity index (χ0v) is 18.1. The molecule has 1 aliphatic rings. The first-order valence-corrected chi connectivity index (χ1v) is 11.3. The van der Waals surface area contributed by atoms with Crippen LogP contribution in [0, 0.1) is 0 Å². The molecule has 1 N–H and O–H groups in total. The van der Waals surface area contributed by atoms with E-state index in [4.69, 9.17) is 4.98 Å². The van der Waals surface area contributed by atoms with Crippen molar-refractivity contribution >= 4 is 11.6 Å². The summed E-state index contributed by atoms with van der Waals surface area (Å²) in [4.78, 5) is 24.0. The van der Waals surface area contributed by atoms with E-state index in [-0.39, 0.29) is 11.9 Å². The molecule has 1 aliphatic heterocycles. The molecule has 4 heterocycles. The third-order valence-corrected chi connectivity index (χ3v) is 6.18. The summed E-state index contributed by atoms with van der Waals surface area (Å²) in [7, 11) is 0. The molecule has 32 heavy (non-hydrogen) atoms. The lowest BCUT2D eigenvalue weighted by Gasteiger charge is -2.20. The molecule has 1 atom stereocenters. The van der Waals surface area contributed by atoms with Crippen LogP contribution in [0.15, 0.2) is 73.4 Å². The molecule has 1 saturated heterocycles. The van der Waals surface area contributed by atoms with E-state index in [1.165, 1.54) is 5.56 Å². The summed E-state index contributed by atoms with van der Waals surface area (Å²) >= 11 is 0. The zero-order chi connectivity index (χ0) is 21.8. The lowest BCUT2D eigenvalue weighted by Crippen LogP contribution is -2.30. The molecular weight excluding hydrogens is 400 g/mol. The van der Waals surface area contributed by atoms with Crippen LogP contribution in [0.5, 0.6) is 0 Å². The minimum atomic E-state index is 0.0395. The Labute approximate surface area is 187 Å². The van der Waals surface area contributed by atoms with E-state index in [0.717, 1.165) is 50.2 Å². The maximum atomic E-state index is 13.2. The number of benzene rings is 1. The Morgan fingerprint density at radius 1 is 1.03 bits per heavy atom. The number of aryl methyl sites for hydroxylation is 1. The molecule has 4 aromatic rings. The van der Waals surface area contributed by atoms with Crippen LogP contribution >= 0.6 is 0 Å². The van der Waals surface area contributed by atoms with Gasteiger partial charge in [0, 0.05) is 50.8 Å². The molecule has 0 spiro atoms. The molecule has 3 aromatic heterocycles. The van der Waals surface area contributed by atoms with Crippen LogP contribution in [0.1, 0.15) is 47.1 Å². The smallest absolute Gasteiger partial charge is 0.274 e. The second kappa shape index (κ2) is 9.36. The highest BCUT2D eigenvalue weighted by Gasteiger charge is 2.26. The number of nitrogens with zero attached hydrogens (tertiary/aromatic N) is 5. The Morgan fingerprint density at radius 3 is 2.62 bits per heavy atom. The van der Waals surface area contributed by atoms with Crippen molar-refractivity contribution in [2.45, 2.75) is 38.4 Å². The van der Waals surface area contributed by atoms with E-state index >= 15 is 0 Å². The van der Waals surface area contributed by atoms with Gasteiger partial charge in [0.25, 0.3) is 5.91 Å². The van der Waals surface area contributed by atoms with Gasteiger partial charge in [-0.25, -0.2) is 9.97 Å². The summed E-state index contributed by atoms with van der Waals surface area (Å²) in [6.45, 7) is 3.05. The largest absolute Gasteiger partial charge is 0.337 e. The molecule has 164 valence electrons. The van der Waals surface area contributed by atoms with Gasteiger partial charge in [-0.05, 0) is 37.0 Å². The van der Waals surface area contributed by atoms with Crippen LogP contribution in [-0.4, -0.2) is 42.8 Å². The number of imidazole rings is 2. The standard InChI is InChI=1S/C25H28N6O/c32-25(30-13-6-7-14-30)24-22(31-15-5-4-10-23(31)28-24)18-27-21(20-8-2-1-3-9-20)11-16-29-17-12-26-19-29/h1-5,8-10,12,15,17,19,21,27H,6-7,11,13-14,16,18H2/t21-/m1/s1. The highest BCUT2D eigenvalue weighted by atomic mass is 16.2. The molecule has 1 amide bonds. The van der Waals surface area contributed by atoms with Crippen molar-refractivity contribution in [1.29, 1.82) is 0 Å². The normalized spacial score (nSPS) is 14.8. The average Bonchev–Trinajstić information content (AvgIpc) is 3.60. The van der Waals surface area contributed by atoms with E-state index in [2.05, 4.69) is 39.1 Å². The molecule has 0 radical (unpaired) electrons. The summed E-state index contributed by atoms with van der Waals surface area (Å²) in [5, 5.41) is 3.71. The van der Waals surface area contributed by atoms with Crippen LogP contribution < -0.4 is 5.32 Å². The average molecular weight is 429 g/mol. The molecule has 7 heteroatoms. The minimum absolute atomic E-state index is 0.0395. The number of hydrogen-bond donors (Lipinski definition) is 1. The van der Waals surface area contributed by atoms with Crippen molar-refractivity contribution in [1.82, 2.24) is 29.2 Å². The van der Waals surface area contributed by atoms with Gasteiger partial charge < -0.3 is 19.2 Å². The lowest BCUT2D eigenvalue weighted by atomic mass is 10.0. The molecule has 1 aromatic carbocycles. The van der Waals surface area contributed by atoms with Gasteiger partial charge >= 0.3 is 0 Å². The number of aromatic nitrogens is 4. The third-order valence-electron chi connectivity index (χ3n) is 6.18. The van der Waals surface area contributed by atoms with Gasteiger partial charge in [-0.2, -0.15) is 0 Å². The predicted molar refractivity (Wildman–Crippen MR) is 123 cm³/mol.